The van der Waals surface area contributed by atoms with Gasteiger partial charge in [0.25, 0.3) is 0 Å². The maximum Gasteiger partial charge on any atom is 0.380 e. The molecule has 1 atom stereocenters. The molecule has 6 heteroatoms. The SMILES string of the molecule is CCOC(=O)C(F)(F)C(O)/C=C/c1ccc(Br)cc1. The summed E-state index contributed by atoms with van der Waals surface area (Å²) in [5, 5.41) is 9.34. The van der Waals surface area contributed by atoms with Crippen LogP contribution in [0.5, 0.6) is 0 Å². The van der Waals surface area contributed by atoms with Crippen molar-refractivity contribution in [1.29, 1.82) is 0 Å². The molecule has 0 heterocycles. The van der Waals surface area contributed by atoms with Crippen LogP contribution in [0.1, 0.15) is 12.5 Å². The lowest BCUT2D eigenvalue weighted by molar-refractivity contribution is -0.183. The van der Waals surface area contributed by atoms with E-state index >= 15 is 0 Å². The highest BCUT2D eigenvalue weighted by molar-refractivity contribution is 9.10. The number of alkyl halides is 2. The minimum atomic E-state index is -3.96. The largest absolute Gasteiger partial charge is 0.461 e. The number of aliphatic hydroxyl groups excluding tert-OH is 1. The zero-order chi connectivity index (χ0) is 14.5. The fraction of sp³-hybridized carbons (Fsp3) is 0.308. The Kier molecular flexibility index (Phi) is 5.62. The molecule has 0 fully saturated rings. The summed E-state index contributed by atoms with van der Waals surface area (Å²) < 4.78 is 31.8. The number of halogens is 3. The van der Waals surface area contributed by atoms with E-state index in [1.54, 1.807) is 24.3 Å². The molecule has 0 aliphatic carbocycles. The normalized spacial score (nSPS) is 13.5. The Morgan fingerprint density at radius 2 is 2.05 bits per heavy atom. The third kappa shape index (κ3) is 4.40. The molecular formula is C13H13BrF2O3. The van der Waals surface area contributed by atoms with Crippen molar-refractivity contribution in [3.8, 4) is 0 Å². The van der Waals surface area contributed by atoms with Gasteiger partial charge in [-0.2, -0.15) is 8.78 Å². The molecule has 1 aromatic carbocycles. The Bertz CT molecular complexity index is 457. The molecule has 1 rings (SSSR count). The van der Waals surface area contributed by atoms with Gasteiger partial charge in [0.2, 0.25) is 0 Å². The average molecular weight is 335 g/mol. The molecule has 104 valence electrons. The van der Waals surface area contributed by atoms with Crippen molar-refractivity contribution in [2.75, 3.05) is 6.61 Å². The Balaban J connectivity index is 2.75. The molecular weight excluding hydrogens is 322 g/mol. The summed E-state index contributed by atoms with van der Waals surface area (Å²) in [4.78, 5) is 11.0. The highest BCUT2D eigenvalue weighted by atomic mass is 79.9. The molecule has 1 aromatic rings. The van der Waals surface area contributed by atoms with E-state index in [1.807, 2.05) is 0 Å². The van der Waals surface area contributed by atoms with Crippen LogP contribution < -0.4 is 0 Å². The predicted molar refractivity (Wildman–Crippen MR) is 70.8 cm³/mol. The fourth-order valence-corrected chi connectivity index (χ4v) is 1.51. The minimum Gasteiger partial charge on any atom is -0.461 e. The summed E-state index contributed by atoms with van der Waals surface area (Å²) in [7, 11) is 0. The summed E-state index contributed by atoms with van der Waals surface area (Å²) >= 11 is 3.24. The average Bonchev–Trinajstić information content (AvgIpc) is 2.37. The number of carbonyl (C=O) groups is 1. The highest BCUT2D eigenvalue weighted by Crippen LogP contribution is 2.22. The van der Waals surface area contributed by atoms with Gasteiger partial charge in [-0.3, -0.25) is 0 Å². The van der Waals surface area contributed by atoms with Crippen molar-refractivity contribution in [2.45, 2.75) is 19.0 Å². The third-order valence-corrected chi connectivity index (χ3v) is 2.79. The van der Waals surface area contributed by atoms with Crippen LogP contribution in [0, 0.1) is 0 Å². The van der Waals surface area contributed by atoms with Gasteiger partial charge in [-0.05, 0) is 30.7 Å². The van der Waals surface area contributed by atoms with Gasteiger partial charge in [-0.15, -0.1) is 0 Å². The quantitative estimate of drug-likeness (QED) is 0.842. The molecule has 3 nitrogen and oxygen atoms in total. The van der Waals surface area contributed by atoms with E-state index in [0.717, 1.165) is 10.5 Å². The van der Waals surface area contributed by atoms with Gasteiger partial charge < -0.3 is 9.84 Å². The smallest absolute Gasteiger partial charge is 0.380 e. The number of carbonyl (C=O) groups excluding carboxylic acids is 1. The molecule has 0 aliphatic heterocycles. The van der Waals surface area contributed by atoms with Crippen molar-refractivity contribution >= 4 is 28.0 Å². The zero-order valence-electron chi connectivity index (χ0n) is 10.1. The Labute approximate surface area is 118 Å². The van der Waals surface area contributed by atoms with E-state index in [9.17, 15) is 18.7 Å². The number of benzene rings is 1. The monoisotopic (exact) mass is 334 g/mol. The summed E-state index contributed by atoms with van der Waals surface area (Å²) in [5.41, 5.74) is 0.627. The van der Waals surface area contributed by atoms with Crippen LogP contribution in [0.25, 0.3) is 6.08 Å². The van der Waals surface area contributed by atoms with Crippen LogP contribution in [0.2, 0.25) is 0 Å². The molecule has 0 radical (unpaired) electrons. The third-order valence-electron chi connectivity index (χ3n) is 2.26. The van der Waals surface area contributed by atoms with E-state index in [-0.39, 0.29) is 6.61 Å². The van der Waals surface area contributed by atoms with Crippen molar-refractivity contribution in [2.24, 2.45) is 0 Å². The molecule has 0 aliphatic rings. The minimum absolute atomic E-state index is 0.169. The lowest BCUT2D eigenvalue weighted by atomic mass is 10.1. The molecule has 1 N–H and O–H groups in total. The lowest BCUT2D eigenvalue weighted by Crippen LogP contribution is -2.41. The van der Waals surface area contributed by atoms with Crippen LogP contribution in [0.3, 0.4) is 0 Å². The number of hydrogen-bond acceptors (Lipinski definition) is 3. The fourth-order valence-electron chi connectivity index (χ4n) is 1.25. The number of hydrogen-bond donors (Lipinski definition) is 1. The molecule has 0 saturated carbocycles. The second-order valence-electron chi connectivity index (χ2n) is 3.70. The number of esters is 1. The highest BCUT2D eigenvalue weighted by Gasteiger charge is 2.46. The molecule has 0 aromatic heterocycles. The van der Waals surface area contributed by atoms with Crippen molar-refractivity contribution < 1.29 is 23.4 Å². The molecule has 0 amide bonds. The van der Waals surface area contributed by atoms with Crippen molar-refractivity contribution in [3.63, 3.8) is 0 Å². The first-order valence-corrected chi connectivity index (χ1v) is 6.34. The van der Waals surface area contributed by atoms with Gasteiger partial charge in [0, 0.05) is 4.47 Å². The summed E-state index contributed by atoms with van der Waals surface area (Å²) in [5.74, 6) is -5.69. The standard InChI is InChI=1S/C13H13BrF2O3/c1-2-19-12(18)13(15,16)11(17)8-5-9-3-6-10(14)7-4-9/h3-8,11,17H,2H2,1H3/b8-5+. The second kappa shape index (κ2) is 6.77. The first-order valence-electron chi connectivity index (χ1n) is 5.54. The summed E-state index contributed by atoms with van der Waals surface area (Å²) in [6, 6.07) is 6.82. The maximum atomic E-state index is 13.4. The molecule has 1 unspecified atom stereocenters. The van der Waals surface area contributed by atoms with Crippen molar-refractivity contribution in [3.05, 3.63) is 40.4 Å². The molecule has 0 saturated heterocycles. The summed E-state index contributed by atoms with van der Waals surface area (Å²) in [6.45, 7) is 1.25. The second-order valence-corrected chi connectivity index (χ2v) is 4.61. The van der Waals surface area contributed by atoms with E-state index in [0.29, 0.717) is 5.56 Å². The van der Waals surface area contributed by atoms with Crippen LogP contribution in [0.15, 0.2) is 34.8 Å². The first kappa shape index (κ1) is 15.8. The van der Waals surface area contributed by atoms with Gasteiger partial charge >= 0.3 is 11.9 Å². The van der Waals surface area contributed by atoms with Gasteiger partial charge in [0.1, 0.15) is 6.10 Å². The molecule has 19 heavy (non-hydrogen) atoms. The van der Waals surface area contributed by atoms with Crippen LogP contribution in [-0.2, 0) is 9.53 Å². The Morgan fingerprint density at radius 3 is 2.58 bits per heavy atom. The van der Waals surface area contributed by atoms with E-state index in [2.05, 4.69) is 20.7 Å². The van der Waals surface area contributed by atoms with E-state index < -0.39 is 18.0 Å². The van der Waals surface area contributed by atoms with Gasteiger partial charge in [-0.1, -0.05) is 34.1 Å². The van der Waals surface area contributed by atoms with Crippen LogP contribution in [0.4, 0.5) is 8.78 Å². The summed E-state index contributed by atoms with van der Waals surface area (Å²) in [6.07, 6.45) is -0.0556. The lowest BCUT2D eigenvalue weighted by Gasteiger charge is -2.17. The predicted octanol–water partition coefficient (Wildman–Crippen LogP) is 3.02. The van der Waals surface area contributed by atoms with Crippen LogP contribution in [-0.4, -0.2) is 29.7 Å². The first-order chi connectivity index (χ1) is 8.87. The molecule has 0 bridgehead atoms. The Morgan fingerprint density at radius 1 is 1.47 bits per heavy atom. The van der Waals surface area contributed by atoms with Crippen LogP contribution >= 0.6 is 15.9 Å². The van der Waals surface area contributed by atoms with E-state index in [4.69, 9.17) is 0 Å². The molecule has 0 spiro atoms. The van der Waals surface area contributed by atoms with E-state index in [1.165, 1.54) is 13.0 Å². The Hall–Kier alpha value is -1.27. The number of aliphatic hydroxyl groups is 1. The van der Waals surface area contributed by atoms with Gasteiger partial charge in [-0.25, -0.2) is 4.79 Å². The zero-order valence-corrected chi connectivity index (χ0v) is 11.7. The number of rotatable bonds is 5. The maximum absolute atomic E-state index is 13.4. The number of ether oxygens (including phenoxy) is 1. The topological polar surface area (TPSA) is 46.5 Å². The van der Waals surface area contributed by atoms with Gasteiger partial charge in [0.15, 0.2) is 0 Å². The van der Waals surface area contributed by atoms with Gasteiger partial charge in [0.05, 0.1) is 6.61 Å². The van der Waals surface area contributed by atoms with Crippen molar-refractivity contribution in [1.82, 2.24) is 0 Å².